The summed E-state index contributed by atoms with van der Waals surface area (Å²) in [7, 11) is 0. The van der Waals surface area contributed by atoms with Gasteiger partial charge in [-0.2, -0.15) is 0 Å². The van der Waals surface area contributed by atoms with Gasteiger partial charge in [0.15, 0.2) is 11.5 Å². The molecule has 1 aliphatic heterocycles. The highest BCUT2D eigenvalue weighted by Gasteiger charge is 2.24. The van der Waals surface area contributed by atoms with E-state index in [-0.39, 0.29) is 6.04 Å². The maximum Gasteiger partial charge on any atom is 0.162 e. The Kier molecular flexibility index (Phi) is 5.68. The van der Waals surface area contributed by atoms with Crippen LogP contribution in [-0.4, -0.2) is 42.8 Å². The Morgan fingerprint density at radius 3 is 2.70 bits per heavy atom. The number of phenolic OH excluding ortho intramolecular Hbond substituents is 1. The second kappa shape index (κ2) is 7.50. The molecule has 1 aliphatic rings. The van der Waals surface area contributed by atoms with E-state index in [1.54, 1.807) is 0 Å². The summed E-state index contributed by atoms with van der Waals surface area (Å²) in [6.07, 6.45) is 2.16. The number of hydrogen-bond donors (Lipinski definition) is 2. The lowest BCUT2D eigenvalue weighted by molar-refractivity contribution is 0.161. The van der Waals surface area contributed by atoms with Crippen LogP contribution in [0.25, 0.3) is 0 Å². The molecule has 0 radical (unpaired) electrons. The molecule has 0 aliphatic carbocycles. The van der Waals surface area contributed by atoms with E-state index >= 15 is 0 Å². The molecule has 0 saturated carbocycles. The standard InChI is InChI=1S/C16H26N2O2/c1-3-6-14(18-11-9-17-10-12-18)13-7-5-8-15(16(13)19)20-4-2/h5,7-8,14,17,19H,3-4,6,9-12H2,1-2H3/t14-/m1/s1. The molecule has 0 unspecified atom stereocenters. The van der Waals surface area contributed by atoms with Crippen LogP contribution < -0.4 is 10.1 Å². The molecule has 0 aromatic heterocycles. The summed E-state index contributed by atoms with van der Waals surface area (Å²) in [6, 6.07) is 6.12. The molecule has 1 aromatic carbocycles. The first-order valence-electron chi connectivity index (χ1n) is 7.67. The van der Waals surface area contributed by atoms with Gasteiger partial charge in [0, 0.05) is 37.8 Å². The number of nitrogens with one attached hydrogen (secondary N) is 1. The summed E-state index contributed by atoms with van der Waals surface area (Å²) in [4.78, 5) is 2.46. The van der Waals surface area contributed by atoms with Crippen molar-refractivity contribution >= 4 is 0 Å². The maximum absolute atomic E-state index is 10.5. The lowest BCUT2D eigenvalue weighted by Crippen LogP contribution is -2.45. The first-order chi connectivity index (χ1) is 9.77. The molecule has 1 heterocycles. The lowest BCUT2D eigenvalue weighted by Gasteiger charge is -2.35. The highest BCUT2D eigenvalue weighted by Crippen LogP contribution is 2.38. The predicted molar refractivity (Wildman–Crippen MR) is 81.4 cm³/mol. The van der Waals surface area contributed by atoms with E-state index in [9.17, 15) is 5.11 Å². The van der Waals surface area contributed by atoms with Crippen molar-refractivity contribution in [2.45, 2.75) is 32.7 Å². The largest absolute Gasteiger partial charge is 0.504 e. The molecule has 1 atom stereocenters. The lowest BCUT2D eigenvalue weighted by atomic mass is 9.98. The molecular formula is C16H26N2O2. The van der Waals surface area contributed by atoms with Crippen molar-refractivity contribution < 1.29 is 9.84 Å². The smallest absolute Gasteiger partial charge is 0.162 e. The van der Waals surface area contributed by atoms with Gasteiger partial charge in [-0.1, -0.05) is 25.5 Å². The second-order valence-corrected chi connectivity index (χ2v) is 5.22. The normalized spacial score (nSPS) is 17.9. The van der Waals surface area contributed by atoms with Crippen LogP contribution in [-0.2, 0) is 0 Å². The van der Waals surface area contributed by atoms with Gasteiger partial charge < -0.3 is 15.2 Å². The Balaban J connectivity index is 2.25. The Hall–Kier alpha value is -1.26. The van der Waals surface area contributed by atoms with Crippen molar-refractivity contribution in [3.05, 3.63) is 23.8 Å². The molecule has 4 heteroatoms. The van der Waals surface area contributed by atoms with Crippen molar-refractivity contribution in [3.8, 4) is 11.5 Å². The zero-order chi connectivity index (χ0) is 14.4. The fourth-order valence-electron chi connectivity index (χ4n) is 2.88. The molecule has 4 nitrogen and oxygen atoms in total. The number of hydrogen-bond acceptors (Lipinski definition) is 4. The van der Waals surface area contributed by atoms with E-state index in [1.165, 1.54) is 0 Å². The summed E-state index contributed by atoms with van der Waals surface area (Å²) in [6.45, 7) is 8.80. The molecule has 2 N–H and O–H groups in total. The van der Waals surface area contributed by atoms with Gasteiger partial charge in [-0.05, 0) is 19.4 Å². The highest BCUT2D eigenvalue weighted by molar-refractivity contribution is 5.47. The van der Waals surface area contributed by atoms with Gasteiger partial charge in [-0.3, -0.25) is 4.90 Å². The van der Waals surface area contributed by atoms with Crippen LogP contribution in [0.1, 0.15) is 38.3 Å². The number of piperazine rings is 1. The molecule has 0 spiro atoms. The molecule has 20 heavy (non-hydrogen) atoms. The summed E-state index contributed by atoms with van der Waals surface area (Å²) >= 11 is 0. The fraction of sp³-hybridized carbons (Fsp3) is 0.625. The van der Waals surface area contributed by atoms with Crippen LogP contribution in [0.2, 0.25) is 0 Å². The van der Waals surface area contributed by atoms with Gasteiger partial charge in [-0.25, -0.2) is 0 Å². The van der Waals surface area contributed by atoms with Crippen LogP contribution in [0.5, 0.6) is 11.5 Å². The number of benzene rings is 1. The molecule has 1 aromatic rings. The highest BCUT2D eigenvalue weighted by atomic mass is 16.5. The summed E-state index contributed by atoms with van der Waals surface area (Å²) < 4.78 is 5.51. The molecular weight excluding hydrogens is 252 g/mol. The Morgan fingerprint density at radius 1 is 1.30 bits per heavy atom. The van der Waals surface area contributed by atoms with E-state index in [4.69, 9.17) is 4.74 Å². The van der Waals surface area contributed by atoms with Crippen molar-refractivity contribution in [3.63, 3.8) is 0 Å². The van der Waals surface area contributed by atoms with Gasteiger partial charge in [0.25, 0.3) is 0 Å². The number of aromatic hydroxyl groups is 1. The van der Waals surface area contributed by atoms with E-state index in [0.717, 1.165) is 44.6 Å². The average Bonchev–Trinajstić information content (AvgIpc) is 2.49. The molecule has 112 valence electrons. The number of ether oxygens (including phenoxy) is 1. The summed E-state index contributed by atoms with van der Waals surface area (Å²) in [5, 5.41) is 13.9. The first kappa shape index (κ1) is 15.1. The summed E-state index contributed by atoms with van der Waals surface area (Å²) in [5.74, 6) is 0.910. The average molecular weight is 278 g/mol. The second-order valence-electron chi connectivity index (χ2n) is 5.22. The zero-order valence-electron chi connectivity index (χ0n) is 12.6. The number of phenols is 1. The first-order valence-corrected chi connectivity index (χ1v) is 7.67. The molecule has 1 fully saturated rings. The van der Waals surface area contributed by atoms with Gasteiger partial charge in [0.05, 0.1) is 6.61 Å². The third-order valence-corrected chi connectivity index (χ3v) is 3.84. The Bertz CT molecular complexity index is 417. The number of para-hydroxylation sites is 1. The predicted octanol–water partition coefficient (Wildman–Crippen LogP) is 2.54. The summed E-state index contributed by atoms with van der Waals surface area (Å²) in [5.41, 5.74) is 1.000. The van der Waals surface area contributed by atoms with Gasteiger partial charge in [-0.15, -0.1) is 0 Å². The van der Waals surface area contributed by atoms with Gasteiger partial charge >= 0.3 is 0 Å². The van der Waals surface area contributed by atoms with Crippen molar-refractivity contribution in [2.75, 3.05) is 32.8 Å². The maximum atomic E-state index is 10.5. The van der Waals surface area contributed by atoms with E-state index < -0.39 is 0 Å². The van der Waals surface area contributed by atoms with E-state index in [2.05, 4.69) is 17.1 Å². The van der Waals surface area contributed by atoms with Crippen LogP contribution in [0.3, 0.4) is 0 Å². The zero-order valence-corrected chi connectivity index (χ0v) is 12.6. The van der Waals surface area contributed by atoms with Gasteiger partial charge in [0.1, 0.15) is 0 Å². The molecule has 0 amide bonds. The van der Waals surface area contributed by atoms with Crippen molar-refractivity contribution in [1.82, 2.24) is 10.2 Å². The fourth-order valence-corrected chi connectivity index (χ4v) is 2.88. The Labute approximate surface area is 121 Å². The SMILES string of the molecule is CCC[C@H](c1cccc(OCC)c1O)N1CCNCC1. The number of nitrogens with zero attached hydrogens (tertiary/aromatic N) is 1. The monoisotopic (exact) mass is 278 g/mol. The van der Waals surface area contributed by atoms with Crippen LogP contribution in [0.4, 0.5) is 0 Å². The number of rotatable bonds is 6. The van der Waals surface area contributed by atoms with E-state index in [1.807, 2.05) is 25.1 Å². The molecule has 2 rings (SSSR count). The minimum absolute atomic E-state index is 0.280. The quantitative estimate of drug-likeness (QED) is 0.839. The van der Waals surface area contributed by atoms with Crippen LogP contribution >= 0.6 is 0 Å². The topological polar surface area (TPSA) is 44.7 Å². The minimum atomic E-state index is 0.280. The third kappa shape index (κ3) is 3.44. The van der Waals surface area contributed by atoms with Crippen molar-refractivity contribution in [1.29, 1.82) is 0 Å². The van der Waals surface area contributed by atoms with Crippen molar-refractivity contribution in [2.24, 2.45) is 0 Å². The molecule has 1 saturated heterocycles. The Morgan fingerprint density at radius 2 is 2.05 bits per heavy atom. The minimum Gasteiger partial charge on any atom is -0.504 e. The molecule has 0 bridgehead atoms. The van der Waals surface area contributed by atoms with Crippen LogP contribution in [0, 0.1) is 0 Å². The van der Waals surface area contributed by atoms with Gasteiger partial charge in [0.2, 0.25) is 0 Å². The van der Waals surface area contributed by atoms with Crippen LogP contribution in [0.15, 0.2) is 18.2 Å². The third-order valence-electron chi connectivity index (χ3n) is 3.84. The van der Waals surface area contributed by atoms with E-state index in [0.29, 0.717) is 18.1 Å².